The summed E-state index contributed by atoms with van der Waals surface area (Å²) in [5, 5.41) is 0. The lowest BCUT2D eigenvalue weighted by Crippen LogP contribution is -2.11. The first kappa shape index (κ1) is 13.0. The molecule has 1 rings (SSSR count). The minimum absolute atomic E-state index is 0.288. The number of ether oxygens (including phenoxy) is 2. The molecule has 0 saturated carbocycles. The van der Waals surface area contributed by atoms with E-state index in [1.54, 1.807) is 24.3 Å². The monoisotopic (exact) mass is 237 g/mol. The van der Waals surface area contributed by atoms with Crippen LogP contribution in [0.3, 0.4) is 0 Å². The number of benzene rings is 1. The number of nitrogens with two attached hydrogens (primary N) is 1. The van der Waals surface area contributed by atoms with Crippen molar-refractivity contribution in [3.8, 4) is 5.75 Å². The number of rotatable bonds is 6. The highest BCUT2D eigenvalue weighted by Gasteiger charge is 2.05. The minimum atomic E-state index is -0.410. The molecule has 0 atom stereocenters. The summed E-state index contributed by atoms with van der Waals surface area (Å²) in [6.07, 6.45) is 0.842. The van der Waals surface area contributed by atoms with Crippen LogP contribution in [-0.4, -0.2) is 25.6 Å². The van der Waals surface area contributed by atoms with Crippen LogP contribution < -0.4 is 10.5 Å². The molecular formula is C12H15NO4. The molecule has 0 aliphatic carbocycles. The summed E-state index contributed by atoms with van der Waals surface area (Å²) in [7, 11) is 1.32. The molecule has 0 bridgehead atoms. The van der Waals surface area contributed by atoms with Crippen LogP contribution in [0.15, 0.2) is 24.3 Å². The molecule has 0 saturated heterocycles. The Morgan fingerprint density at radius 3 is 2.76 bits per heavy atom. The average molecular weight is 237 g/mol. The first-order chi connectivity index (χ1) is 8.13. The van der Waals surface area contributed by atoms with Gasteiger partial charge in [-0.1, -0.05) is 6.07 Å². The first-order valence-electron chi connectivity index (χ1n) is 5.23. The molecule has 1 aromatic carbocycles. The van der Waals surface area contributed by atoms with Gasteiger partial charge in [0.15, 0.2) is 0 Å². The third-order valence-electron chi connectivity index (χ3n) is 2.09. The van der Waals surface area contributed by atoms with Gasteiger partial charge in [0, 0.05) is 6.42 Å². The molecule has 2 N–H and O–H groups in total. The highest BCUT2D eigenvalue weighted by atomic mass is 16.5. The summed E-state index contributed by atoms with van der Waals surface area (Å²) < 4.78 is 9.97. The molecule has 1 amide bonds. The second kappa shape index (κ2) is 6.52. The predicted molar refractivity (Wildman–Crippen MR) is 61.7 cm³/mol. The third-order valence-corrected chi connectivity index (χ3v) is 2.09. The smallest absolute Gasteiger partial charge is 0.337 e. The van der Waals surface area contributed by atoms with E-state index in [2.05, 4.69) is 4.74 Å². The number of primary amides is 1. The van der Waals surface area contributed by atoms with E-state index in [-0.39, 0.29) is 12.3 Å². The van der Waals surface area contributed by atoms with Gasteiger partial charge in [-0.25, -0.2) is 4.79 Å². The van der Waals surface area contributed by atoms with Crippen molar-refractivity contribution in [3.63, 3.8) is 0 Å². The lowest BCUT2D eigenvalue weighted by molar-refractivity contribution is -0.118. The third kappa shape index (κ3) is 4.55. The van der Waals surface area contributed by atoms with Crippen LogP contribution in [-0.2, 0) is 9.53 Å². The Kier molecular flexibility index (Phi) is 5.00. The number of methoxy groups -OCH3 is 1. The van der Waals surface area contributed by atoms with Gasteiger partial charge in [-0.3, -0.25) is 4.79 Å². The number of amides is 1. The summed E-state index contributed by atoms with van der Waals surface area (Å²) in [6.45, 7) is 0.383. The molecular weight excluding hydrogens is 222 g/mol. The van der Waals surface area contributed by atoms with Gasteiger partial charge in [-0.15, -0.1) is 0 Å². The predicted octanol–water partition coefficient (Wildman–Crippen LogP) is 1.12. The van der Waals surface area contributed by atoms with E-state index in [0.29, 0.717) is 24.3 Å². The van der Waals surface area contributed by atoms with Crippen LogP contribution in [0.1, 0.15) is 23.2 Å². The summed E-state index contributed by atoms with van der Waals surface area (Å²) >= 11 is 0. The first-order valence-corrected chi connectivity index (χ1v) is 5.23. The number of carbonyl (C=O) groups excluding carboxylic acids is 2. The number of esters is 1. The quantitative estimate of drug-likeness (QED) is 0.594. The fourth-order valence-electron chi connectivity index (χ4n) is 1.27. The van der Waals surface area contributed by atoms with Crippen molar-refractivity contribution in [2.24, 2.45) is 5.73 Å². The van der Waals surface area contributed by atoms with Crippen molar-refractivity contribution in [2.45, 2.75) is 12.8 Å². The zero-order valence-electron chi connectivity index (χ0n) is 9.64. The molecule has 92 valence electrons. The van der Waals surface area contributed by atoms with Gasteiger partial charge in [0.1, 0.15) is 5.75 Å². The Hall–Kier alpha value is -2.04. The van der Waals surface area contributed by atoms with E-state index in [1.807, 2.05) is 0 Å². The molecule has 0 unspecified atom stereocenters. The Morgan fingerprint density at radius 1 is 1.35 bits per heavy atom. The second-order valence-corrected chi connectivity index (χ2v) is 3.44. The average Bonchev–Trinajstić information content (AvgIpc) is 2.34. The zero-order chi connectivity index (χ0) is 12.7. The summed E-state index contributed by atoms with van der Waals surface area (Å²) in [5.41, 5.74) is 5.43. The maximum absolute atomic E-state index is 11.2. The van der Waals surface area contributed by atoms with Crippen LogP contribution in [0.5, 0.6) is 5.75 Å². The van der Waals surface area contributed by atoms with Crippen molar-refractivity contribution in [1.82, 2.24) is 0 Å². The number of hydrogen-bond acceptors (Lipinski definition) is 4. The topological polar surface area (TPSA) is 78.6 Å². The van der Waals surface area contributed by atoms with Crippen LogP contribution >= 0.6 is 0 Å². The van der Waals surface area contributed by atoms with Gasteiger partial charge in [-0.05, 0) is 24.6 Å². The highest BCUT2D eigenvalue weighted by Crippen LogP contribution is 2.14. The van der Waals surface area contributed by atoms with Gasteiger partial charge >= 0.3 is 5.97 Å². The Bertz CT molecular complexity index is 403. The van der Waals surface area contributed by atoms with Gasteiger partial charge in [0.05, 0.1) is 19.3 Å². The molecule has 5 nitrogen and oxygen atoms in total. The molecule has 0 fully saturated rings. The molecule has 0 heterocycles. The van der Waals surface area contributed by atoms with E-state index < -0.39 is 5.97 Å². The van der Waals surface area contributed by atoms with E-state index in [1.165, 1.54) is 7.11 Å². The van der Waals surface area contributed by atoms with E-state index in [0.717, 1.165) is 0 Å². The van der Waals surface area contributed by atoms with Gasteiger partial charge in [0.25, 0.3) is 0 Å². The Morgan fingerprint density at radius 2 is 2.12 bits per heavy atom. The Labute approximate surface area is 99.5 Å². The maximum Gasteiger partial charge on any atom is 0.337 e. The van der Waals surface area contributed by atoms with Crippen LogP contribution in [0.25, 0.3) is 0 Å². The van der Waals surface area contributed by atoms with Gasteiger partial charge in [-0.2, -0.15) is 0 Å². The van der Waals surface area contributed by atoms with Crippen LogP contribution in [0, 0.1) is 0 Å². The molecule has 0 aromatic heterocycles. The minimum Gasteiger partial charge on any atom is -0.494 e. The summed E-state index contributed by atoms with van der Waals surface area (Å²) in [6, 6.07) is 6.67. The Balaban J connectivity index is 2.48. The van der Waals surface area contributed by atoms with Crippen molar-refractivity contribution in [2.75, 3.05) is 13.7 Å². The summed E-state index contributed by atoms with van der Waals surface area (Å²) in [5.74, 6) is -0.193. The molecule has 0 aliphatic rings. The number of carbonyl (C=O) groups is 2. The van der Waals surface area contributed by atoms with E-state index >= 15 is 0 Å². The van der Waals surface area contributed by atoms with Crippen molar-refractivity contribution in [1.29, 1.82) is 0 Å². The largest absolute Gasteiger partial charge is 0.494 e. The second-order valence-electron chi connectivity index (χ2n) is 3.44. The van der Waals surface area contributed by atoms with Crippen molar-refractivity contribution in [3.05, 3.63) is 29.8 Å². The maximum atomic E-state index is 11.2. The fraction of sp³-hybridized carbons (Fsp3) is 0.333. The zero-order valence-corrected chi connectivity index (χ0v) is 9.64. The molecule has 17 heavy (non-hydrogen) atoms. The molecule has 0 radical (unpaired) electrons. The van der Waals surface area contributed by atoms with Crippen molar-refractivity contribution >= 4 is 11.9 Å². The van der Waals surface area contributed by atoms with E-state index in [9.17, 15) is 9.59 Å². The van der Waals surface area contributed by atoms with Crippen molar-refractivity contribution < 1.29 is 19.1 Å². The molecule has 0 spiro atoms. The summed E-state index contributed by atoms with van der Waals surface area (Å²) in [4.78, 5) is 21.7. The lowest BCUT2D eigenvalue weighted by atomic mass is 10.2. The van der Waals surface area contributed by atoms with Crippen LogP contribution in [0.4, 0.5) is 0 Å². The fourth-order valence-corrected chi connectivity index (χ4v) is 1.27. The highest BCUT2D eigenvalue weighted by molar-refractivity contribution is 5.89. The molecule has 1 aromatic rings. The van der Waals surface area contributed by atoms with Crippen LogP contribution in [0.2, 0.25) is 0 Å². The van der Waals surface area contributed by atoms with Gasteiger partial charge < -0.3 is 15.2 Å². The lowest BCUT2D eigenvalue weighted by Gasteiger charge is -2.06. The van der Waals surface area contributed by atoms with E-state index in [4.69, 9.17) is 10.5 Å². The molecule has 0 aliphatic heterocycles. The number of hydrogen-bond donors (Lipinski definition) is 1. The standard InChI is InChI=1S/C12H15NO4/c1-16-12(15)9-4-2-5-10(8-9)17-7-3-6-11(13)14/h2,4-5,8H,3,6-7H2,1H3,(H2,13,14). The molecule has 5 heteroatoms. The normalized spacial score (nSPS) is 9.71. The SMILES string of the molecule is COC(=O)c1cccc(OCCCC(N)=O)c1. The van der Waals surface area contributed by atoms with Gasteiger partial charge in [0.2, 0.25) is 5.91 Å².